The van der Waals surface area contributed by atoms with Crippen molar-refractivity contribution in [1.82, 2.24) is 14.9 Å². The lowest BCUT2D eigenvalue weighted by Gasteiger charge is -2.26. The predicted octanol–water partition coefficient (Wildman–Crippen LogP) is 4.56. The largest absolute Gasteiger partial charge is 0.345 e. The van der Waals surface area contributed by atoms with Gasteiger partial charge >= 0.3 is 0 Å². The van der Waals surface area contributed by atoms with Gasteiger partial charge in [-0.25, -0.2) is 4.98 Å². The van der Waals surface area contributed by atoms with Gasteiger partial charge in [-0.2, -0.15) is 0 Å². The van der Waals surface area contributed by atoms with Gasteiger partial charge < -0.3 is 10.3 Å². The van der Waals surface area contributed by atoms with Crippen LogP contribution in [0.25, 0.3) is 22.4 Å². The highest BCUT2D eigenvalue weighted by Gasteiger charge is 2.15. The third kappa shape index (κ3) is 5.32. The molecule has 1 aliphatic rings. The van der Waals surface area contributed by atoms with E-state index in [1.165, 1.54) is 5.56 Å². The third-order valence-electron chi connectivity index (χ3n) is 6.04. The second kappa shape index (κ2) is 10.2. The van der Waals surface area contributed by atoms with Gasteiger partial charge in [-0.05, 0) is 46.5 Å². The summed E-state index contributed by atoms with van der Waals surface area (Å²) < 4.78 is 11.5. The average molecular weight is 471 g/mol. The highest BCUT2D eigenvalue weighted by molar-refractivity contribution is 7.85. The lowest BCUT2D eigenvalue weighted by atomic mass is 10.0. The summed E-state index contributed by atoms with van der Waals surface area (Å²) in [6.45, 7) is 2.58. The van der Waals surface area contributed by atoms with Crippen LogP contribution in [0.5, 0.6) is 0 Å². The molecule has 1 saturated heterocycles. The lowest BCUT2D eigenvalue weighted by Crippen LogP contribution is -2.37. The molecule has 4 aromatic rings. The number of amides is 1. The molecular weight excluding hydrogens is 444 g/mol. The highest BCUT2D eigenvalue weighted by Crippen LogP contribution is 2.25. The molecule has 1 fully saturated rings. The van der Waals surface area contributed by atoms with Crippen molar-refractivity contribution in [1.29, 1.82) is 0 Å². The smallest absolute Gasteiger partial charge is 0.255 e. The fourth-order valence-electron chi connectivity index (χ4n) is 4.08. The summed E-state index contributed by atoms with van der Waals surface area (Å²) in [5.74, 6) is 1.37. The first-order valence-electron chi connectivity index (χ1n) is 11.3. The van der Waals surface area contributed by atoms with Crippen LogP contribution in [0.3, 0.4) is 0 Å². The van der Waals surface area contributed by atoms with Crippen molar-refractivity contribution in [2.45, 2.75) is 6.54 Å². The molecule has 6 nitrogen and oxygen atoms in total. The molecule has 0 bridgehead atoms. The average Bonchev–Trinajstić information content (AvgIpc) is 3.42. The number of anilines is 1. The van der Waals surface area contributed by atoms with Gasteiger partial charge in [0, 0.05) is 53.2 Å². The number of rotatable bonds is 6. The number of hydrogen-bond donors (Lipinski definition) is 2. The number of benzene rings is 3. The van der Waals surface area contributed by atoms with E-state index >= 15 is 0 Å². The number of imidazole rings is 1. The Bertz CT molecular complexity index is 1280. The van der Waals surface area contributed by atoms with E-state index in [9.17, 15) is 9.00 Å². The van der Waals surface area contributed by atoms with E-state index < -0.39 is 10.8 Å². The first-order chi connectivity index (χ1) is 16.6. The molecule has 2 heterocycles. The van der Waals surface area contributed by atoms with E-state index in [0.717, 1.165) is 59.2 Å². The number of carbonyl (C=O) groups excluding carboxylic acids is 1. The van der Waals surface area contributed by atoms with Crippen molar-refractivity contribution in [3.8, 4) is 22.4 Å². The third-order valence-corrected chi connectivity index (χ3v) is 7.32. The number of aromatic nitrogens is 2. The van der Waals surface area contributed by atoms with Crippen LogP contribution in [0, 0.1) is 0 Å². The summed E-state index contributed by atoms with van der Waals surface area (Å²) in [5.41, 5.74) is 6.63. The van der Waals surface area contributed by atoms with Gasteiger partial charge in [0.1, 0.15) is 0 Å². The standard InChI is InChI=1S/C27H26N4O2S/c32-27(30-25-10-4-20(5-11-25)18-31-12-14-34(33)15-13-31)24-3-1-2-23(16-24)21-6-8-22(9-7-21)26-17-28-19-29-26/h1-11,16-17,19H,12-15,18H2,(H,28,29)(H,30,32). The van der Waals surface area contributed by atoms with Crippen LogP contribution >= 0.6 is 0 Å². The van der Waals surface area contributed by atoms with E-state index in [-0.39, 0.29) is 5.91 Å². The van der Waals surface area contributed by atoms with Gasteiger partial charge in [0.2, 0.25) is 0 Å². The van der Waals surface area contributed by atoms with Crippen LogP contribution in [0.1, 0.15) is 15.9 Å². The first kappa shape index (κ1) is 22.3. The molecule has 172 valence electrons. The quantitative estimate of drug-likeness (QED) is 0.433. The van der Waals surface area contributed by atoms with Crippen molar-refractivity contribution in [3.63, 3.8) is 0 Å². The van der Waals surface area contributed by atoms with E-state index in [1.54, 1.807) is 12.5 Å². The van der Waals surface area contributed by atoms with Crippen LogP contribution in [0.4, 0.5) is 5.69 Å². The van der Waals surface area contributed by atoms with Crippen molar-refractivity contribution in [2.24, 2.45) is 0 Å². The van der Waals surface area contributed by atoms with E-state index in [1.807, 2.05) is 72.8 Å². The topological polar surface area (TPSA) is 78.1 Å². The molecule has 0 spiro atoms. The fourth-order valence-corrected chi connectivity index (χ4v) is 5.21. The number of carbonyl (C=O) groups is 1. The highest BCUT2D eigenvalue weighted by atomic mass is 32.2. The van der Waals surface area contributed by atoms with Crippen LogP contribution in [0.2, 0.25) is 0 Å². The molecule has 3 aromatic carbocycles. The first-order valence-corrected chi connectivity index (χ1v) is 12.8. The minimum absolute atomic E-state index is 0.137. The maximum Gasteiger partial charge on any atom is 0.255 e. The Labute approximate surface area is 201 Å². The minimum atomic E-state index is -0.662. The molecule has 0 aliphatic carbocycles. The monoisotopic (exact) mass is 470 g/mol. The Morgan fingerprint density at radius 2 is 1.68 bits per heavy atom. The molecule has 34 heavy (non-hydrogen) atoms. The predicted molar refractivity (Wildman–Crippen MR) is 137 cm³/mol. The van der Waals surface area contributed by atoms with Gasteiger partial charge in [0.05, 0.1) is 18.2 Å². The van der Waals surface area contributed by atoms with Crippen LogP contribution in [-0.2, 0) is 17.3 Å². The summed E-state index contributed by atoms with van der Waals surface area (Å²) in [5, 5.41) is 3.00. The Kier molecular flexibility index (Phi) is 6.65. The van der Waals surface area contributed by atoms with Crippen molar-refractivity contribution < 1.29 is 9.00 Å². The normalized spacial score (nSPS) is 14.7. The molecule has 2 N–H and O–H groups in total. The lowest BCUT2D eigenvalue weighted by molar-refractivity contribution is 0.102. The maximum absolute atomic E-state index is 12.9. The van der Waals surface area contributed by atoms with E-state index in [4.69, 9.17) is 0 Å². The minimum Gasteiger partial charge on any atom is -0.345 e. The number of aromatic amines is 1. The van der Waals surface area contributed by atoms with Crippen LogP contribution < -0.4 is 5.32 Å². The van der Waals surface area contributed by atoms with Crippen LogP contribution in [-0.4, -0.2) is 49.6 Å². The second-order valence-corrected chi connectivity index (χ2v) is 10.1. The van der Waals surface area contributed by atoms with Crippen LogP contribution in [0.15, 0.2) is 85.3 Å². The van der Waals surface area contributed by atoms with Gasteiger partial charge in [-0.15, -0.1) is 0 Å². The molecule has 0 saturated carbocycles. The summed E-state index contributed by atoms with van der Waals surface area (Å²) >= 11 is 0. The SMILES string of the molecule is O=C(Nc1ccc(CN2CCS(=O)CC2)cc1)c1cccc(-c2ccc(-c3cnc[nH]3)cc2)c1. The molecule has 0 radical (unpaired) electrons. The molecule has 1 amide bonds. The van der Waals surface area contributed by atoms with Crippen molar-refractivity contribution in [3.05, 3.63) is 96.4 Å². The molecule has 0 unspecified atom stereocenters. The van der Waals surface area contributed by atoms with Gasteiger partial charge in [0.15, 0.2) is 0 Å². The summed E-state index contributed by atoms with van der Waals surface area (Å²) in [6, 6.07) is 23.8. The second-order valence-electron chi connectivity index (χ2n) is 8.40. The molecule has 1 aliphatic heterocycles. The summed E-state index contributed by atoms with van der Waals surface area (Å²) in [7, 11) is -0.662. The molecule has 5 rings (SSSR count). The zero-order chi connectivity index (χ0) is 23.3. The zero-order valence-corrected chi connectivity index (χ0v) is 19.6. The maximum atomic E-state index is 12.9. The Morgan fingerprint density at radius 1 is 0.941 bits per heavy atom. The number of nitrogens with zero attached hydrogens (tertiary/aromatic N) is 2. The molecule has 7 heteroatoms. The van der Waals surface area contributed by atoms with Gasteiger partial charge in [-0.3, -0.25) is 13.9 Å². The Morgan fingerprint density at radius 3 is 2.38 bits per heavy atom. The van der Waals surface area contributed by atoms with E-state index in [0.29, 0.717) is 5.56 Å². The summed E-state index contributed by atoms with van der Waals surface area (Å²) in [6.07, 6.45) is 3.46. The van der Waals surface area contributed by atoms with E-state index in [2.05, 4.69) is 20.2 Å². The Balaban J connectivity index is 1.23. The van der Waals surface area contributed by atoms with Crippen molar-refractivity contribution >= 4 is 22.4 Å². The molecule has 1 aromatic heterocycles. The number of H-pyrrole nitrogens is 1. The number of hydrogen-bond acceptors (Lipinski definition) is 4. The fraction of sp³-hybridized carbons (Fsp3) is 0.185. The Hall–Kier alpha value is -3.55. The van der Waals surface area contributed by atoms with Gasteiger partial charge in [-0.1, -0.05) is 48.5 Å². The molecular formula is C27H26N4O2S. The number of nitrogens with one attached hydrogen (secondary N) is 2. The molecule has 0 atom stereocenters. The zero-order valence-electron chi connectivity index (χ0n) is 18.7. The summed E-state index contributed by atoms with van der Waals surface area (Å²) in [4.78, 5) is 22.4. The van der Waals surface area contributed by atoms with Crippen molar-refractivity contribution in [2.75, 3.05) is 29.9 Å². The van der Waals surface area contributed by atoms with Gasteiger partial charge in [0.25, 0.3) is 5.91 Å².